The Hall–Kier alpha value is -4.84. The zero-order valence-electron chi connectivity index (χ0n) is 19.9. The molecular formula is C25H20F2N8O2. The molecule has 186 valence electrons. The molecule has 2 aliphatic heterocycles. The summed E-state index contributed by atoms with van der Waals surface area (Å²) in [4.78, 5) is 18.8. The minimum Gasteiger partial charge on any atom is -0.468 e. The van der Waals surface area contributed by atoms with E-state index in [9.17, 15) is 18.8 Å². The number of carbonyl (C=O) groups is 1. The van der Waals surface area contributed by atoms with Crippen molar-refractivity contribution in [3.63, 3.8) is 0 Å². The van der Waals surface area contributed by atoms with E-state index in [-0.39, 0.29) is 30.2 Å². The number of amides is 2. The Bertz CT molecular complexity index is 1510. The Morgan fingerprint density at radius 1 is 1.16 bits per heavy atom. The number of aromatic nitrogens is 3. The van der Waals surface area contributed by atoms with Gasteiger partial charge in [0.2, 0.25) is 0 Å². The van der Waals surface area contributed by atoms with Crippen LogP contribution in [-0.4, -0.2) is 56.1 Å². The Labute approximate surface area is 210 Å². The Balaban J connectivity index is 1.27. The van der Waals surface area contributed by atoms with Gasteiger partial charge in [0, 0.05) is 25.2 Å². The summed E-state index contributed by atoms with van der Waals surface area (Å²) in [6, 6.07) is 9.65. The molecule has 2 aromatic heterocycles. The fraction of sp³-hybridized carbons (Fsp3) is 0.280. The van der Waals surface area contributed by atoms with E-state index in [1.54, 1.807) is 20.2 Å². The van der Waals surface area contributed by atoms with Crippen molar-refractivity contribution in [1.29, 1.82) is 10.5 Å². The molecule has 2 amide bonds. The van der Waals surface area contributed by atoms with Gasteiger partial charge in [-0.1, -0.05) is 0 Å². The van der Waals surface area contributed by atoms with Crippen LogP contribution in [0.1, 0.15) is 34.8 Å². The molecule has 0 N–H and O–H groups in total. The third kappa shape index (κ3) is 4.34. The van der Waals surface area contributed by atoms with Gasteiger partial charge in [-0.05, 0) is 42.8 Å². The molecular weight excluding hydrogens is 482 g/mol. The number of ether oxygens (including phenoxy) is 1. The van der Waals surface area contributed by atoms with Crippen molar-refractivity contribution in [2.75, 3.05) is 13.1 Å². The van der Waals surface area contributed by atoms with E-state index in [4.69, 9.17) is 10.00 Å². The third-order valence-electron chi connectivity index (χ3n) is 6.30. The smallest absolute Gasteiger partial charge is 0.341 e. The van der Waals surface area contributed by atoms with Crippen LogP contribution in [0.5, 0.6) is 5.88 Å². The highest BCUT2D eigenvalue weighted by Gasteiger charge is 2.39. The Kier molecular flexibility index (Phi) is 6.01. The van der Waals surface area contributed by atoms with Crippen molar-refractivity contribution < 1.29 is 18.3 Å². The van der Waals surface area contributed by atoms with Gasteiger partial charge in [0.1, 0.15) is 18.0 Å². The van der Waals surface area contributed by atoms with Crippen LogP contribution in [0.4, 0.5) is 13.6 Å². The number of benzene rings is 1. The number of rotatable bonds is 4. The van der Waals surface area contributed by atoms with Crippen molar-refractivity contribution >= 4 is 12.2 Å². The topological polar surface area (TPSA) is 123 Å². The standard InChI is InChI=1S/C25H20F2N8O2/c1-14-21(11-29)32-33(2)23(14)20-4-3-19(27)24(31-20)37-18-12-34(13-18)25(36)35-22(5-6-30-35)16-7-15(10-28)8-17(26)9-16/h3-4,6-9,18,22H,5,12-13H2,1-2H3. The van der Waals surface area contributed by atoms with Crippen LogP contribution >= 0.6 is 0 Å². The first-order valence-electron chi connectivity index (χ1n) is 11.4. The van der Waals surface area contributed by atoms with Gasteiger partial charge in [-0.25, -0.2) is 23.6 Å². The fourth-order valence-electron chi connectivity index (χ4n) is 4.45. The average Bonchev–Trinajstić information content (AvgIpc) is 3.45. The maximum Gasteiger partial charge on any atom is 0.341 e. The van der Waals surface area contributed by atoms with Crippen LogP contribution in [0.2, 0.25) is 0 Å². The molecule has 0 radical (unpaired) electrons. The molecule has 0 spiro atoms. The van der Waals surface area contributed by atoms with Gasteiger partial charge in [0.15, 0.2) is 11.5 Å². The van der Waals surface area contributed by atoms with Crippen LogP contribution in [0.3, 0.4) is 0 Å². The summed E-state index contributed by atoms with van der Waals surface area (Å²) < 4.78 is 35.7. The number of hydrogen-bond acceptors (Lipinski definition) is 7. The Morgan fingerprint density at radius 3 is 2.65 bits per heavy atom. The molecule has 1 atom stereocenters. The maximum absolute atomic E-state index is 14.5. The number of hydrogen-bond donors (Lipinski definition) is 0. The fourth-order valence-corrected chi connectivity index (χ4v) is 4.45. The van der Waals surface area contributed by atoms with E-state index in [0.29, 0.717) is 28.9 Å². The molecule has 3 aromatic rings. The van der Waals surface area contributed by atoms with E-state index < -0.39 is 29.8 Å². The van der Waals surface area contributed by atoms with E-state index in [1.807, 2.05) is 12.1 Å². The second-order valence-electron chi connectivity index (χ2n) is 8.75. The summed E-state index contributed by atoms with van der Waals surface area (Å²) >= 11 is 0. The van der Waals surface area contributed by atoms with Gasteiger partial charge in [0.05, 0.1) is 42.2 Å². The van der Waals surface area contributed by atoms with E-state index >= 15 is 0 Å². The summed E-state index contributed by atoms with van der Waals surface area (Å²) in [5.41, 5.74) is 2.48. The zero-order valence-corrected chi connectivity index (χ0v) is 19.9. The molecule has 0 aliphatic carbocycles. The van der Waals surface area contributed by atoms with Crippen molar-refractivity contribution in [2.45, 2.75) is 25.5 Å². The highest BCUT2D eigenvalue weighted by atomic mass is 19.1. The molecule has 1 fully saturated rings. The minimum atomic E-state index is -0.655. The zero-order chi connectivity index (χ0) is 26.3. The monoisotopic (exact) mass is 502 g/mol. The summed E-state index contributed by atoms with van der Waals surface area (Å²) in [5.74, 6) is -1.43. The minimum absolute atomic E-state index is 0.161. The predicted octanol–water partition coefficient (Wildman–Crippen LogP) is 3.43. The second-order valence-corrected chi connectivity index (χ2v) is 8.75. The van der Waals surface area contributed by atoms with Crippen molar-refractivity contribution in [3.05, 3.63) is 64.4 Å². The molecule has 1 unspecified atom stereocenters. The second kappa shape index (κ2) is 9.32. The van der Waals surface area contributed by atoms with Gasteiger partial charge >= 0.3 is 6.03 Å². The molecule has 1 saturated heterocycles. The van der Waals surface area contributed by atoms with Crippen LogP contribution < -0.4 is 4.74 Å². The Morgan fingerprint density at radius 2 is 1.95 bits per heavy atom. The lowest BCUT2D eigenvalue weighted by Gasteiger charge is -2.40. The molecule has 2 aliphatic rings. The number of aryl methyl sites for hydroxylation is 1. The lowest BCUT2D eigenvalue weighted by atomic mass is 10.0. The first kappa shape index (κ1) is 23.9. The average molecular weight is 502 g/mol. The van der Waals surface area contributed by atoms with Crippen LogP contribution in [0, 0.1) is 41.2 Å². The number of urea groups is 1. The van der Waals surface area contributed by atoms with E-state index in [0.717, 1.165) is 6.07 Å². The number of nitrogens with zero attached hydrogens (tertiary/aromatic N) is 8. The number of halogens is 2. The number of likely N-dealkylation sites (tertiary alicyclic amines) is 1. The van der Waals surface area contributed by atoms with E-state index in [1.165, 1.54) is 38.9 Å². The first-order valence-corrected chi connectivity index (χ1v) is 11.4. The number of hydrazone groups is 1. The third-order valence-corrected chi connectivity index (χ3v) is 6.30. The van der Waals surface area contributed by atoms with Gasteiger partial charge in [-0.3, -0.25) is 4.68 Å². The molecule has 10 nitrogen and oxygen atoms in total. The first-order chi connectivity index (χ1) is 17.8. The summed E-state index contributed by atoms with van der Waals surface area (Å²) in [7, 11) is 1.67. The molecule has 12 heteroatoms. The highest BCUT2D eigenvalue weighted by Crippen LogP contribution is 2.32. The molecule has 4 heterocycles. The summed E-state index contributed by atoms with van der Waals surface area (Å²) in [6.45, 7) is 2.10. The number of carbonyl (C=O) groups excluding carboxylic acids is 1. The quantitative estimate of drug-likeness (QED) is 0.539. The largest absolute Gasteiger partial charge is 0.468 e. The van der Waals surface area contributed by atoms with Gasteiger partial charge in [-0.2, -0.15) is 20.7 Å². The number of nitriles is 2. The molecule has 5 rings (SSSR count). The molecule has 37 heavy (non-hydrogen) atoms. The number of pyridine rings is 1. The van der Waals surface area contributed by atoms with Crippen molar-refractivity contribution in [3.8, 4) is 29.4 Å². The molecule has 0 saturated carbocycles. The van der Waals surface area contributed by atoms with Crippen molar-refractivity contribution in [1.82, 2.24) is 24.7 Å². The lowest BCUT2D eigenvalue weighted by molar-refractivity contribution is 0.0231. The van der Waals surface area contributed by atoms with Gasteiger partial charge in [-0.15, -0.1) is 0 Å². The summed E-state index contributed by atoms with van der Waals surface area (Å²) in [5, 5.41) is 27.9. The normalized spacial score (nSPS) is 16.9. The maximum atomic E-state index is 14.5. The highest BCUT2D eigenvalue weighted by molar-refractivity contribution is 5.79. The van der Waals surface area contributed by atoms with Crippen molar-refractivity contribution in [2.24, 2.45) is 12.1 Å². The van der Waals surface area contributed by atoms with Crippen LogP contribution in [0.15, 0.2) is 35.4 Å². The van der Waals surface area contributed by atoms with E-state index in [2.05, 4.69) is 15.2 Å². The lowest BCUT2D eigenvalue weighted by Crippen LogP contribution is -2.59. The van der Waals surface area contributed by atoms with Crippen LogP contribution in [0.25, 0.3) is 11.4 Å². The predicted molar refractivity (Wildman–Crippen MR) is 126 cm³/mol. The molecule has 0 bridgehead atoms. The van der Waals surface area contributed by atoms with Gasteiger partial charge < -0.3 is 9.64 Å². The van der Waals surface area contributed by atoms with Crippen LogP contribution in [-0.2, 0) is 7.05 Å². The summed E-state index contributed by atoms with van der Waals surface area (Å²) in [6.07, 6.45) is 1.46. The SMILES string of the molecule is Cc1c(C#N)nn(C)c1-c1ccc(F)c(OC2CN(C(=O)N3N=CCC3c3cc(F)cc(C#N)c3)C2)n1. The molecule has 1 aromatic carbocycles. The van der Waals surface area contributed by atoms with Gasteiger partial charge in [0.25, 0.3) is 5.88 Å².